The van der Waals surface area contributed by atoms with Gasteiger partial charge in [0.25, 0.3) is 0 Å². The fraction of sp³-hybridized carbons (Fsp3) is 0.400. The molecule has 1 aromatic rings. The van der Waals surface area contributed by atoms with Crippen molar-refractivity contribution in [3.05, 3.63) is 22.7 Å². The zero-order chi connectivity index (χ0) is 10.9. The number of ether oxygens (including phenoxy) is 1. The molecule has 0 atom stereocenters. The first-order valence-corrected chi connectivity index (χ1v) is 4.60. The number of phenolic OH excluding ortho intramolecular Hbond substituents is 1. The van der Waals surface area contributed by atoms with Crippen LogP contribution in [0.3, 0.4) is 0 Å². The second-order valence-electron chi connectivity index (χ2n) is 3.73. The maximum absolute atomic E-state index is 9.54. The normalized spacial score (nSPS) is 11.5. The van der Waals surface area contributed by atoms with E-state index in [-0.39, 0.29) is 5.75 Å². The highest BCUT2D eigenvalue weighted by molar-refractivity contribution is 6.31. The van der Waals surface area contributed by atoms with Gasteiger partial charge in [0.2, 0.25) is 0 Å². The van der Waals surface area contributed by atoms with E-state index < -0.39 is 5.54 Å². The molecular weight excluding hydrogens is 202 g/mol. The Kier molecular flexibility index (Phi) is 2.92. The number of phenols is 1. The minimum Gasteiger partial charge on any atom is -0.504 e. The van der Waals surface area contributed by atoms with Gasteiger partial charge in [-0.3, -0.25) is 0 Å². The van der Waals surface area contributed by atoms with Crippen LogP contribution in [-0.2, 0) is 5.54 Å². The number of methoxy groups -OCH3 is 1. The van der Waals surface area contributed by atoms with Gasteiger partial charge in [-0.15, -0.1) is 0 Å². The quantitative estimate of drug-likeness (QED) is 0.796. The Morgan fingerprint density at radius 2 is 2.00 bits per heavy atom. The van der Waals surface area contributed by atoms with Gasteiger partial charge in [-0.05, 0) is 25.5 Å². The summed E-state index contributed by atoms with van der Waals surface area (Å²) < 4.78 is 4.92. The van der Waals surface area contributed by atoms with Crippen LogP contribution in [0.5, 0.6) is 11.5 Å². The summed E-state index contributed by atoms with van der Waals surface area (Å²) >= 11 is 5.99. The maximum atomic E-state index is 9.54. The molecule has 1 rings (SSSR count). The lowest BCUT2D eigenvalue weighted by atomic mass is 9.95. The van der Waals surface area contributed by atoms with E-state index in [9.17, 15) is 5.11 Å². The number of halogens is 1. The minimum absolute atomic E-state index is 0.0467. The molecule has 78 valence electrons. The van der Waals surface area contributed by atoms with Crippen LogP contribution in [0.15, 0.2) is 12.1 Å². The lowest BCUT2D eigenvalue weighted by molar-refractivity contribution is 0.372. The zero-order valence-corrected chi connectivity index (χ0v) is 9.22. The lowest BCUT2D eigenvalue weighted by Crippen LogP contribution is -2.28. The van der Waals surface area contributed by atoms with Gasteiger partial charge in [-0.1, -0.05) is 11.6 Å². The van der Waals surface area contributed by atoms with Crippen molar-refractivity contribution in [2.75, 3.05) is 7.11 Å². The Balaban J connectivity index is 3.29. The van der Waals surface area contributed by atoms with Crippen molar-refractivity contribution in [3.8, 4) is 11.5 Å². The zero-order valence-electron chi connectivity index (χ0n) is 8.47. The van der Waals surface area contributed by atoms with E-state index in [1.54, 1.807) is 6.07 Å². The van der Waals surface area contributed by atoms with Crippen molar-refractivity contribution < 1.29 is 9.84 Å². The number of aromatic hydroxyl groups is 1. The SMILES string of the molecule is COc1cc(Cl)c(C(C)(C)N)cc1O. The van der Waals surface area contributed by atoms with E-state index in [1.165, 1.54) is 13.2 Å². The van der Waals surface area contributed by atoms with Crippen LogP contribution in [0.4, 0.5) is 0 Å². The Labute approximate surface area is 88.4 Å². The van der Waals surface area contributed by atoms with Crippen LogP contribution < -0.4 is 10.5 Å². The molecular formula is C10H14ClNO2. The van der Waals surface area contributed by atoms with Gasteiger partial charge >= 0.3 is 0 Å². The third kappa shape index (κ3) is 2.11. The molecule has 0 aliphatic heterocycles. The van der Waals surface area contributed by atoms with Gasteiger partial charge in [0, 0.05) is 16.6 Å². The van der Waals surface area contributed by atoms with Gasteiger partial charge in [0.1, 0.15) is 0 Å². The van der Waals surface area contributed by atoms with E-state index in [4.69, 9.17) is 22.1 Å². The smallest absolute Gasteiger partial charge is 0.161 e. The largest absolute Gasteiger partial charge is 0.504 e. The highest BCUT2D eigenvalue weighted by Gasteiger charge is 2.20. The average molecular weight is 216 g/mol. The molecule has 3 N–H and O–H groups in total. The number of hydrogen-bond acceptors (Lipinski definition) is 3. The van der Waals surface area contributed by atoms with Gasteiger partial charge in [-0.2, -0.15) is 0 Å². The topological polar surface area (TPSA) is 55.5 Å². The van der Waals surface area contributed by atoms with E-state index in [2.05, 4.69) is 0 Å². The molecule has 0 amide bonds. The summed E-state index contributed by atoms with van der Waals surface area (Å²) in [5, 5.41) is 10.0. The van der Waals surface area contributed by atoms with Crippen molar-refractivity contribution in [1.29, 1.82) is 0 Å². The van der Waals surface area contributed by atoms with Crippen LogP contribution in [0.25, 0.3) is 0 Å². The summed E-state index contributed by atoms with van der Waals surface area (Å²) in [6, 6.07) is 3.09. The summed E-state index contributed by atoms with van der Waals surface area (Å²) in [6.45, 7) is 3.64. The Hall–Kier alpha value is -0.930. The van der Waals surface area contributed by atoms with Crippen molar-refractivity contribution in [1.82, 2.24) is 0 Å². The van der Waals surface area contributed by atoms with Crippen LogP contribution in [0.2, 0.25) is 5.02 Å². The third-order valence-corrected chi connectivity index (χ3v) is 2.28. The molecule has 0 saturated carbocycles. The Morgan fingerprint density at radius 1 is 1.43 bits per heavy atom. The van der Waals surface area contributed by atoms with Gasteiger partial charge < -0.3 is 15.6 Å². The van der Waals surface area contributed by atoms with Gasteiger partial charge in [-0.25, -0.2) is 0 Å². The van der Waals surface area contributed by atoms with E-state index >= 15 is 0 Å². The molecule has 4 heteroatoms. The first-order valence-electron chi connectivity index (χ1n) is 4.22. The molecule has 0 heterocycles. The molecule has 0 fully saturated rings. The summed E-state index contributed by atoms with van der Waals surface area (Å²) in [5.74, 6) is 0.397. The Morgan fingerprint density at radius 3 is 2.43 bits per heavy atom. The molecule has 0 unspecified atom stereocenters. The van der Waals surface area contributed by atoms with Crippen LogP contribution in [0.1, 0.15) is 19.4 Å². The van der Waals surface area contributed by atoms with Crippen molar-refractivity contribution in [3.63, 3.8) is 0 Å². The summed E-state index contributed by atoms with van der Waals surface area (Å²) in [5.41, 5.74) is 5.99. The van der Waals surface area contributed by atoms with Gasteiger partial charge in [0.05, 0.1) is 7.11 Å². The Bertz CT molecular complexity index is 345. The van der Waals surface area contributed by atoms with Crippen molar-refractivity contribution in [2.24, 2.45) is 5.73 Å². The molecule has 0 spiro atoms. The van der Waals surface area contributed by atoms with Crippen LogP contribution in [0, 0.1) is 0 Å². The maximum Gasteiger partial charge on any atom is 0.161 e. The first-order chi connectivity index (χ1) is 6.36. The van der Waals surface area contributed by atoms with Gasteiger partial charge in [0.15, 0.2) is 11.5 Å². The average Bonchev–Trinajstić information content (AvgIpc) is 2.06. The standard InChI is InChI=1S/C10H14ClNO2/c1-10(2,12)6-4-8(13)9(14-3)5-7(6)11/h4-5,13H,12H2,1-3H3. The van der Waals surface area contributed by atoms with E-state index in [0.717, 1.165) is 0 Å². The van der Waals surface area contributed by atoms with Crippen molar-refractivity contribution in [2.45, 2.75) is 19.4 Å². The number of hydrogen-bond donors (Lipinski definition) is 2. The van der Waals surface area contributed by atoms with E-state index in [1.807, 2.05) is 13.8 Å². The summed E-state index contributed by atoms with van der Waals surface area (Å²) in [6.07, 6.45) is 0. The number of nitrogens with two attached hydrogens (primary N) is 1. The second kappa shape index (κ2) is 3.67. The highest BCUT2D eigenvalue weighted by Crippen LogP contribution is 2.36. The fourth-order valence-electron chi connectivity index (χ4n) is 1.20. The second-order valence-corrected chi connectivity index (χ2v) is 4.13. The molecule has 1 aromatic carbocycles. The third-order valence-electron chi connectivity index (χ3n) is 1.96. The fourth-order valence-corrected chi connectivity index (χ4v) is 1.60. The monoisotopic (exact) mass is 215 g/mol. The molecule has 0 aromatic heterocycles. The minimum atomic E-state index is -0.583. The van der Waals surface area contributed by atoms with Crippen LogP contribution in [-0.4, -0.2) is 12.2 Å². The molecule has 0 aliphatic rings. The summed E-state index contributed by atoms with van der Waals surface area (Å²) in [4.78, 5) is 0. The molecule has 0 radical (unpaired) electrons. The predicted molar refractivity (Wildman–Crippen MR) is 56.9 cm³/mol. The van der Waals surface area contributed by atoms with Crippen LogP contribution >= 0.6 is 11.6 Å². The summed E-state index contributed by atoms with van der Waals surface area (Å²) in [7, 11) is 1.47. The lowest BCUT2D eigenvalue weighted by Gasteiger charge is -2.21. The molecule has 0 saturated heterocycles. The first kappa shape index (κ1) is 11.1. The number of benzene rings is 1. The molecule has 3 nitrogen and oxygen atoms in total. The highest BCUT2D eigenvalue weighted by atomic mass is 35.5. The molecule has 14 heavy (non-hydrogen) atoms. The van der Waals surface area contributed by atoms with E-state index in [0.29, 0.717) is 16.3 Å². The molecule has 0 bridgehead atoms. The molecule has 0 aliphatic carbocycles. The van der Waals surface area contributed by atoms with Crippen molar-refractivity contribution >= 4 is 11.6 Å². The number of rotatable bonds is 2. The predicted octanol–water partition coefficient (Wildman–Crippen LogP) is 2.25.